The number of ether oxygens (including phenoxy) is 1. The number of aromatic nitrogens is 3. The maximum absolute atomic E-state index is 13.5. The van der Waals surface area contributed by atoms with E-state index >= 15 is 0 Å². The van der Waals surface area contributed by atoms with Crippen LogP contribution in [0.15, 0.2) is 59.5 Å². The minimum Gasteiger partial charge on any atom is -0.497 e. The molecule has 1 amide bonds. The number of hydrogen-bond donors (Lipinski definition) is 0. The van der Waals surface area contributed by atoms with Crippen LogP contribution in [-0.2, 0) is 0 Å². The Kier molecular flexibility index (Phi) is 5.38. The van der Waals surface area contributed by atoms with Crippen molar-refractivity contribution < 1.29 is 9.53 Å². The van der Waals surface area contributed by atoms with Gasteiger partial charge in [-0.15, -0.1) is 0 Å². The van der Waals surface area contributed by atoms with Crippen molar-refractivity contribution in [3.05, 3.63) is 65.1 Å². The molecule has 170 valence electrons. The third-order valence-corrected chi connectivity index (χ3v) is 6.39. The van der Waals surface area contributed by atoms with E-state index in [0.717, 1.165) is 24.0 Å². The Morgan fingerprint density at radius 3 is 2.36 bits per heavy atom. The van der Waals surface area contributed by atoms with Crippen molar-refractivity contribution in [1.82, 2.24) is 24.1 Å². The fourth-order valence-corrected chi connectivity index (χ4v) is 4.45. The van der Waals surface area contributed by atoms with Crippen LogP contribution in [0.25, 0.3) is 27.8 Å². The van der Waals surface area contributed by atoms with E-state index < -0.39 is 0 Å². The second-order valence-electron chi connectivity index (χ2n) is 8.59. The summed E-state index contributed by atoms with van der Waals surface area (Å²) >= 11 is 0. The fraction of sp³-hybridized carbons (Fsp3) is 0.320. The predicted octanol–water partition coefficient (Wildman–Crippen LogP) is 3.29. The minimum absolute atomic E-state index is 0.117. The van der Waals surface area contributed by atoms with Crippen LogP contribution in [0.3, 0.4) is 0 Å². The first-order valence-corrected chi connectivity index (χ1v) is 11.2. The molecule has 5 rings (SSSR count). The SMILES string of the molecule is COc1ccc(-n2nc3c4ccccc4n(C(=O)N4CCN(C(C)C)CC4)cc-3c2=O)cc1. The Morgan fingerprint density at radius 2 is 1.70 bits per heavy atom. The van der Waals surface area contributed by atoms with Gasteiger partial charge in [0.15, 0.2) is 0 Å². The molecular weight excluding hydrogens is 418 g/mol. The molecule has 0 atom stereocenters. The van der Waals surface area contributed by atoms with E-state index in [-0.39, 0.29) is 11.6 Å². The average Bonchev–Trinajstić information content (AvgIpc) is 3.19. The predicted molar refractivity (Wildman–Crippen MR) is 128 cm³/mol. The van der Waals surface area contributed by atoms with Crippen molar-refractivity contribution in [2.75, 3.05) is 33.3 Å². The maximum atomic E-state index is 13.5. The Hall–Kier alpha value is -3.65. The summed E-state index contributed by atoms with van der Waals surface area (Å²) in [6.07, 6.45) is 1.64. The zero-order valence-corrected chi connectivity index (χ0v) is 19.1. The third kappa shape index (κ3) is 3.66. The summed E-state index contributed by atoms with van der Waals surface area (Å²) in [6, 6.07) is 15.1. The molecule has 1 fully saturated rings. The Balaban J connectivity index is 1.60. The summed E-state index contributed by atoms with van der Waals surface area (Å²) in [7, 11) is 1.60. The Labute approximate surface area is 191 Å². The van der Waals surface area contributed by atoms with E-state index in [1.165, 1.54) is 4.68 Å². The molecule has 3 aliphatic heterocycles. The van der Waals surface area contributed by atoms with E-state index in [1.807, 2.05) is 29.2 Å². The molecule has 8 heteroatoms. The van der Waals surface area contributed by atoms with Gasteiger partial charge in [0.05, 0.1) is 23.9 Å². The van der Waals surface area contributed by atoms with Gasteiger partial charge in [-0.25, -0.2) is 4.79 Å². The number of benzene rings is 2. The van der Waals surface area contributed by atoms with Crippen LogP contribution in [0.5, 0.6) is 5.75 Å². The molecule has 1 saturated heterocycles. The van der Waals surface area contributed by atoms with Crippen LogP contribution in [0.2, 0.25) is 0 Å². The number of carbonyl (C=O) groups excluding carboxylic acids is 1. The second-order valence-corrected chi connectivity index (χ2v) is 8.59. The summed E-state index contributed by atoms with van der Waals surface area (Å²) in [5.41, 5.74) is 2.12. The lowest BCUT2D eigenvalue weighted by atomic mass is 10.1. The van der Waals surface area contributed by atoms with Crippen molar-refractivity contribution in [3.63, 3.8) is 0 Å². The van der Waals surface area contributed by atoms with Gasteiger partial charge in [0.2, 0.25) is 0 Å². The number of para-hydroxylation sites is 1. The van der Waals surface area contributed by atoms with E-state index in [9.17, 15) is 9.59 Å². The number of carbonyl (C=O) groups is 1. The quantitative estimate of drug-likeness (QED) is 0.484. The van der Waals surface area contributed by atoms with E-state index in [0.29, 0.717) is 41.8 Å². The molecule has 0 radical (unpaired) electrons. The number of fused-ring (bicyclic) bond motifs is 3. The van der Waals surface area contributed by atoms with Crippen molar-refractivity contribution >= 4 is 16.9 Å². The van der Waals surface area contributed by atoms with Gasteiger partial charge in [0.1, 0.15) is 11.4 Å². The lowest BCUT2D eigenvalue weighted by molar-refractivity contribution is 0.120. The molecule has 0 spiro atoms. The molecular formula is C25H27N5O3. The minimum atomic E-state index is -0.257. The highest BCUT2D eigenvalue weighted by Gasteiger charge is 2.27. The first kappa shape index (κ1) is 21.2. The van der Waals surface area contributed by atoms with Gasteiger partial charge in [-0.2, -0.15) is 9.78 Å². The molecule has 33 heavy (non-hydrogen) atoms. The highest BCUT2D eigenvalue weighted by atomic mass is 16.5. The zero-order chi connectivity index (χ0) is 23.1. The standard InChI is InChI=1S/C25H27N5O3/c1-17(2)27-12-14-28(15-13-27)25(32)29-16-21-23(20-6-4-5-7-22(20)29)26-30(24(21)31)18-8-10-19(33-3)11-9-18/h4-11,16-17H,12-15H2,1-3H3. The van der Waals surface area contributed by atoms with Crippen LogP contribution in [-0.4, -0.2) is 69.5 Å². The molecule has 8 nitrogen and oxygen atoms in total. The van der Waals surface area contributed by atoms with E-state index in [4.69, 9.17) is 4.74 Å². The van der Waals surface area contributed by atoms with Gasteiger partial charge >= 0.3 is 6.03 Å². The van der Waals surface area contributed by atoms with Gasteiger partial charge in [0.25, 0.3) is 5.56 Å². The number of piperazine rings is 1. The molecule has 0 bridgehead atoms. The average molecular weight is 446 g/mol. The summed E-state index contributed by atoms with van der Waals surface area (Å²) in [5, 5.41) is 5.40. The van der Waals surface area contributed by atoms with Gasteiger partial charge in [0, 0.05) is 43.8 Å². The zero-order valence-electron chi connectivity index (χ0n) is 19.1. The fourth-order valence-electron chi connectivity index (χ4n) is 4.45. The van der Waals surface area contributed by atoms with Crippen LogP contribution >= 0.6 is 0 Å². The molecule has 0 aromatic heterocycles. The second kappa shape index (κ2) is 8.37. The molecule has 3 aliphatic rings. The van der Waals surface area contributed by atoms with Crippen molar-refractivity contribution in [2.45, 2.75) is 19.9 Å². The van der Waals surface area contributed by atoms with Crippen molar-refractivity contribution in [1.29, 1.82) is 0 Å². The van der Waals surface area contributed by atoms with E-state index in [1.54, 1.807) is 42.1 Å². The molecule has 3 heterocycles. The van der Waals surface area contributed by atoms with Gasteiger partial charge in [-0.3, -0.25) is 14.3 Å². The van der Waals surface area contributed by atoms with Crippen LogP contribution in [0.1, 0.15) is 13.8 Å². The highest BCUT2D eigenvalue weighted by molar-refractivity contribution is 5.99. The Bertz CT molecular complexity index is 1330. The highest BCUT2D eigenvalue weighted by Crippen LogP contribution is 2.28. The molecule has 0 N–H and O–H groups in total. The first-order valence-electron chi connectivity index (χ1n) is 11.2. The lowest BCUT2D eigenvalue weighted by Gasteiger charge is -2.37. The lowest BCUT2D eigenvalue weighted by Crippen LogP contribution is -2.51. The molecule has 0 aliphatic carbocycles. The van der Waals surface area contributed by atoms with Crippen LogP contribution in [0.4, 0.5) is 4.79 Å². The first-order chi connectivity index (χ1) is 16.0. The Morgan fingerprint density at radius 1 is 1.00 bits per heavy atom. The molecule has 0 saturated carbocycles. The normalized spacial score (nSPS) is 15.0. The third-order valence-electron chi connectivity index (χ3n) is 6.39. The number of amides is 1. The summed E-state index contributed by atoms with van der Waals surface area (Å²) in [5.74, 6) is 0.703. The maximum Gasteiger partial charge on any atom is 0.328 e. The van der Waals surface area contributed by atoms with E-state index in [2.05, 4.69) is 23.8 Å². The van der Waals surface area contributed by atoms with Gasteiger partial charge < -0.3 is 9.64 Å². The summed E-state index contributed by atoms with van der Waals surface area (Å²) < 4.78 is 8.20. The largest absolute Gasteiger partial charge is 0.497 e. The monoisotopic (exact) mass is 445 g/mol. The topological polar surface area (TPSA) is 72.6 Å². The van der Waals surface area contributed by atoms with Crippen molar-refractivity contribution in [2.24, 2.45) is 0 Å². The molecule has 2 aromatic rings. The van der Waals surface area contributed by atoms with Gasteiger partial charge in [-0.1, -0.05) is 18.2 Å². The van der Waals surface area contributed by atoms with Gasteiger partial charge in [-0.05, 0) is 44.2 Å². The number of methoxy groups -OCH3 is 1. The van der Waals surface area contributed by atoms with Crippen LogP contribution < -0.4 is 10.3 Å². The molecule has 2 aromatic carbocycles. The summed E-state index contributed by atoms with van der Waals surface area (Å²) in [4.78, 5) is 31.1. The van der Waals surface area contributed by atoms with Crippen LogP contribution in [0, 0.1) is 0 Å². The van der Waals surface area contributed by atoms with Crippen molar-refractivity contribution in [3.8, 4) is 22.7 Å². The smallest absolute Gasteiger partial charge is 0.328 e. The summed E-state index contributed by atoms with van der Waals surface area (Å²) in [6.45, 7) is 7.34. The number of nitrogens with zero attached hydrogens (tertiary/aromatic N) is 5. The molecule has 0 unspecified atom stereocenters. The number of rotatable bonds is 3. The number of pyridine rings is 1. The number of hydrogen-bond acceptors (Lipinski definition) is 5.